The smallest absolute Gasteiger partial charge is 0.0984 e. The van der Waals surface area contributed by atoms with Crippen LogP contribution >= 0.6 is 0 Å². The molecule has 0 radical (unpaired) electrons. The summed E-state index contributed by atoms with van der Waals surface area (Å²) in [5.74, 6) is 0.975. The van der Waals surface area contributed by atoms with Crippen LogP contribution in [-0.2, 0) is 0 Å². The molecule has 1 rings (SSSR count). The maximum atomic E-state index is 7.07. The van der Waals surface area contributed by atoms with Crippen molar-refractivity contribution < 1.29 is 0 Å². The molecule has 0 amide bonds. The normalized spacial score (nSPS) is 20.5. The predicted octanol–water partition coefficient (Wildman–Crippen LogP) is 0.714. The number of hydrogen-bond acceptors (Lipinski definition) is 2. The van der Waals surface area contributed by atoms with E-state index in [-0.39, 0.29) is 0 Å². The monoisotopic (exact) mass is 111 g/mol. The third kappa shape index (κ3) is 1.05. The van der Waals surface area contributed by atoms with Gasteiger partial charge in [0.1, 0.15) is 0 Å². The zero-order chi connectivity index (χ0) is 5.98. The largest absolute Gasteiger partial charge is 0.333 e. The average Bonchev–Trinajstić information content (AvgIpc) is 1.64. The van der Waals surface area contributed by atoms with Crippen LogP contribution in [0.15, 0.2) is 0 Å². The van der Waals surface area contributed by atoms with Gasteiger partial charge in [-0.3, -0.25) is 10.8 Å². The summed E-state index contributed by atoms with van der Waals surface area (Å²) < 4.78 is 0. The van der Waals surface area contributed by atoms with E-state index >= 15 is 0 Å². The van der Waals surface area contributed by atoms with Crippen LogP contribution in [0.1, 0.15) is 19.3 Å². The highest BCUT2D eigenvalue weighted by atomic mass is 15.0. The van der Waals surface area contributed by atoms with E-state index in [9.17, 15) is 0 Å². The fraction of sp³-hybridized carbons (Fsp3) is 0.600. The molecule has 44 valence electrons. The number of piperidine rings is 1. The fourth-order valence-corrected chi connectivity index (χ4v) is 0.749. The lowest BCUT2D eigenvalue weighted by molar-refractivity contribution is 0.836. The van der Waals surface area contributed by atoms with Crippen molar-refractivity contribution in [3.8, 4) is 0 Å². The summed E-state index contributed by atoms with van der Waals surface area (Å²) in [6.45, 7) is 0. The molecule has 0 spiro atoms. The Hall–Kier alpha value is -0.860. The van der Waals surface area contributed by atoms with E-state index in [0.29, 0.717) is 11.7 Å². The van der Waals surface area contributed by atoms with E-state index in [1.54, 1.807) is 0 Å². The lowest BCUT2D eigenvalue weighted by atomic mass is 10.1. The quantitative estimate of drug-likeness (QED) is 0.423. The molecule has 0 aromatic carbocycles. The van der Waals surface area contributed by atoms with Gasteiger partial charge in [-0.1, -0.05) is 0 Å². The fourth-order valence-electron chi connectivity index (χ4n) is 0.749. The minimum absolute atomic E-state index is 0.487. The van der Waals surface area contributed by atoms with E-state index in [0.717, 1.165) is 19.3 Å². The third-order valence-corrected chi connectivity index (χ3v) is 1.16. The molecular weight excluding hydrogens is 102 g/mol. The first kappa shape index (κ1) is 5.28. The van der Waals surface area contributed by atoms with Gasteiger partial charge >= 0.3 is 0 Å². The molecule has 0 aromatic rings. The van der Waals surface area contributed by atoms with Gasteiger partial charge in [-0.25, -0.2) is 0 Å². The second kappa shape index (κ2) is 1.94. The van der Waals surface area contributed by atoms with Crippen molar-refractivity contribution in [3.63, 3.8) is 0 Å². The average molecular weight is 111 g/mol. The van der Waals surface area contributed by atoms with Crippen molar-refractivity contribution >= 4 is 11.7 Å². The zero-order valence-electron chi connectivity index (χ0n) is 4.62. The molecule has 0 aromatic heterocycles. The molecule has 0 bridgehead atoms. The van der Waals surface area contributed by atoms with Gasteiger partial charge in [0.25, 0.3) is 0 Å². The van der Waals surface area contributed by atoms with E-state index in [1.165, 1.54) is 0 Å². The second-order valence-corrected chi connectivity index (χ2v) is 1.94. The summed E-state index contributed by atoms with van der Waals surface area (Å²) in [6, 6.07) is 0. The summed E-state index contributed by atoms with van der Waals surface area (Å²) in [4.78, 5) is 0. The van der Waals surface area contributed by atoms with Crippen molar-refractivity contribution in [2.24, 2.45) is 0 Å². The SMILES string of the molecule is N=C1CCCC(=N)N1. The number of rotatable bonds is 0. The number of nitrogens with one attached hydrogen (secondary N) is 3. The molecule has 0 unspecified atom stereocenters. The maximum absolute atomic E-state index is 7.07. The lowest BCUT2D eigenvalue weighted by Crippen LogP contribution is -2.32. The number of amidine groups is 2. The van der Waals surface area contributed by atoms with Gasteiger partial charge in [-0.15, -0.1) is 0 Å². The van der Waals surface area contributed by atoms with Gasteiger partial charge in [-0.2, -0.15) is 0 Å². The highest BCUT2D eigenvalue weighted by Gasteiger charge is 2.06. The van der Waals surface area contributed by atoms with Crippen LogP contribution in [0.2, 0.25) is 0 Å². The number of hydrogen-bond donors (Lipinski definition) is 3. The Labute approximate surface area is 48.1 Å². The molecule has 0 atom stereocenters. The van der Waals surface area contributed by atoms with Crippen LogP contribution in [0.3, 0.4) is 0 Å². The van der Waals surface area contributed by atoms with Crippen molar-refractivity contribution in [1.29, 1.82) is 10.8 Å². The summed E-state index contributed by atoms with van der Waals surface area (Å²) in [5.41, 5.74) is 0. The van der Waals surface area contributed by atoms with Gasteiger partial charge in [-0.05, 0) is 6.42 Å². The minimum Gasteiger partial charge on any atom is -0.333 e. The van der Waals surface area contributed by atoms with Crippen LogP contribution < -0.4 is 5.32 Å². The first-order valence-electron chi connectivity index (χ1n) is 2.71. The lowest BCUT2D eigenvalue weighted by Gasteiger charge is -2.13. The van der Waals surface area contributed by atoms with Gasteiger partial charge in [0.2, 0.25) is 0 Å². The van der Waals surface area contributed by atoms with Crippen LogP contribution in [0, 0.1) is 10.8 Å². The van der Waals surface area contributed by atoms with Gasteiger partial charge in [0.15, 0.2) is 0 Å². The molecule has 1 heterocycles. The highest BCUT2D eigenvalue weighted by Crippen LogP contribution is 2.01. The molecule has 1 fully saturated rings. The standard InChI is InChI=1S/C5H9N3/c6-4-2-1-3-5(7)8-4/h1-3H2,(H3,6,7,8). The minimum atomic E-state index is 0.487. The highest BCUT2D eigenvalue weighted by molar-refractivity contribution is 5.99. The van der Waals surface area contributed by atoms with Crippen LogP contribution in [0.5, 0.6) is 0 Å². The molecule has 1 aliphatic heterocycles. The van der Waals surface area contributed by atoms with Crippen molar-refractivity contribution in [2.75, 3.05) is 0 Å². The molecular formula is C5H9N3. The summed E-state index contributed by atoms with van der Waals surface area (Å²) in [5, 5.41) is 16.8. The Morgan fingerprint density at radius 3 is 1.88 bits per heavy atom. The van der Waals surface area contributed by atoms with E-state index in [4.69, 9.17) is 10.8 Å². The molecule has 3 N–H and O–H groups in total. The molecule has 3 heteroatoms. The van der Waals surface area contributed by atoms with Crippen molar-refractivity contribution in [1.82, 2.24) is 5.32 Å². The molecule has 0 saturated carbocycles. The van der Waals surface area contributed by atoms with Crippen molar-refractivity contribution in [2.45, 2.75) is 19.3 Å². The van der Waals surface area contributed by atoms with Crippen LogP contribution in [-0.4, -0.2) is 11.7 Å². The summed E-state index contributed by atoms with van der Waals surface area (Å²) in [6.07, 6.45) is 2.58. The first-order valence-corrected chi connectivity index (χ1v) is 2.71. The summed E-state index contributed by atoms with van der Waals surface area (Å²) >= 11 is 0. The third-order valence-electron chi connectivity index (χ3n) is 1.16. The van der Waals surface area contributed by atoms with E-state index in [1.807, 2.05) is 0 Å². The van der Waals surface area contributed by atoms with Crippen molar-refractivity contribution in [3.05, 3.63) is 0 Å². The Balaban J connectivity index is 2.45. The summed E-state index contributed by atoms with van der Waals surface area (Å²) in [7, 11) is 0. The molecule has 8 heavy (non-hydrogen) atoms. The molecule has 0 aliphatic carbocycles. The van der Waals surface area contributed by atoms with Crippen LogP contribution in [0.4, 0.5) is 0 Å². The van der Waals surface area contributed by atoms with Crippen LogP contribution in [0.25, 0.3) is 0 Å². The Bertz CT molecular complexity index is 114. The molecule has 3 nitrogen and oxygen atoms in total. The maximum Gasteiger partial charge on any atom is 0.0984 e. The van der Waals surface area contributed by atoms with E-state index in [2.05, 4.69) is 5.32 Å². The Morgan fingerprint density at radius 1 is 1.12 bits per heavy atom. The van der Waals surface area contributed by atoms with E-state index < -0.39 is 0 Å². The van der Waals surface area contributed by atoms with Gasteiger partial charge in [0, 0.05) is 12.8 Å². The predicted molar refractivity (Wildman–Crippen MR) is 32.4 cm³/mol. The molecule has 1 aliphatic rings. The van der Waals surface area contributed by atoms with Gasteiger partial charge < -0.3 is 5.32 Å². The first-order chi connectivity index (χ1) is 3.79. The Kier molecular flexibility index (Phi) is 1.28. The Morgan fingerprint density at radius 2 is 1.62 bits per heavy atom. The second-order valence-electron chi connectivity index (χ2n) is 1.94. The topological polar surface area (TPSA) is 59.7 Å². The zero-order valence-corrected chi connectivity index (χ0v) is 4.62. The molecule has 1 saturated heterocycles. The van der Waals surface area contributed by atoms with Gasteiger partial charge in [0.05, 0.1) is 11.7 Å².